The second-order valence-corrected chi connectivity index (χ2v) is 6.75. The molecule has 1 aliphatic rings. The van der Waals surface area contributed by atoms with E-state index in [1.165, 1.54) is 13.1 Å². The molecule has 1 fully saturated rings. The summed E-state index contributed by atoms with van der Waals surface area (Å²) in [5.41, 5.74) is 2.21. The summed E-state index contributed by atoms with van der Waals surface area (Å²) in [6.07, 6.45) is 1.51. The molecule has 0 aromatic heterocycles. The Morgan fingerprint density at radius 1 is 1.07 bits per heavy atom. The average Bonchev–Trinajstić information content (AvgIpc) is 3.08. The third-order valence-electron chi connectivity index (χ3n) is 4.46. The van der Waals surface area contributed by atoms with Gasteiger partial charge in [-0.15, -0.1) is 0 Å². The van der Waals surface area contributed by atoms with Crippen LogP contribution in [0.4, 0.5) is 5.69 Å². The first-order valence-electron chi connectivity index (χ1n) is 8.67. The van der Waals surface area contributed by atoms with Crippen LogP contribution in [0.25, 0.3) is 0 Å². The van der Waals surface area contributed by atoms with Gasteiger partial charge < -0.3 is 15.5 Å². The highest BCUT2D eigenvalue weighted by Gasteiger charge is 2.20. The summed E-state index contributed by atoms with van der Waals surface area (Å²) in [7, 11) is 1.53. The minimum Gasteiger partial charge on any atom is -0.355 e. The normalized spacial score (nSPS) is 13.6. The van der Waals surface area contributed by atoms with Gasteiger partial charge in [-0.1, -0.05) is 23.7 Å². The van der Waals surface area contributed by atoms with Crippen LogP contribution >= 0.6 is 11.6 Å². The lowest BCUT2D eigenvalue weighted by molar-refractivity contribution is -0.128. The topological polar surface area (TPSA) is 78.5 Å². The molecule has 7 heteroatoms. The van der Waals surface area contributed by atoms with E-state index in [4.69, 9.17) is 11.6 Å². The summed E-state index contributed by atoms with van der Waals surface area (Å²) in [5.74, 6) is -0.416. The van der Waals surface area contributed by atoms with Crippen LogP contribution in [0.1, 0.15) is 39.1 Å². The van der Waals surface area contributed by atoms with Crippen molar-refractivity contribution in [2.24, 2.45) is 0 Å². The molecule has 0 spiro atoms. The van der Waals surface area contributed by atoms with Crippen molar-refractivity contribution >= 4 is 35.0 Å². The van der Waals surface area contributed by atoms with E-state index in [1.807, 2.05) is 17.0 Å². The van der Waals surface area contributed by atoms with Gasteiger partial charge in [-0.2, -0.15) is 0 Å². The van der Waals surface area contributed by atoms with Gasteiger partial charge in [0, 0.05) is 37.7 Å². The average molecular weight is 386 g/mol. The molecule has 6 nitrogen and oxygen atoms in total. The molecule has 1 saturated heterocycles. The van der Waals surface area contributed by atoms with Gasteiger partial charge in [-0.25, -0.2) is 0 Å². The van der Waals surface area contributed by atoms with Crippen LogP contribution in [0, 0.1) is 0 Å². The lowest BCUT2D eigenvalue weighted by Crippen LogP contribution is -2.23. The standard InChI is InChI=1S/C20H20ClN3O3/c1-22-19(26)15-8-9-16(21)17(11-15)23-20(27)14-6-4-13(5-7-14)12-24-10-2-3-18(24)25/h4-9,11H,2-3,10,12H2,1H3,(H,22,26)(H,23,27). The fourth-order valence-electron chi connectivity index (χ4n) is 2.95. The van der Waals surface area contributed by atoms with E-state index < -0.39 is 0 Å². The monoisotopic (exact) mass is 385 g/mol. The summed E-state index contributed by atoms with van der Waals surface area (Å²) in [5, 5.41) is 5.61. The molecule has 3 rings (SSSR count). The molecule has 140 valence electrons. The zero-order valence-electron chi connectivity index (χ0n) is 14.9. The summed E-state index contributed by atoms with van der Waals surface area (Å²) >= 11 is 6.13. The number of benzene rings is 2. The molecule has 1 heterocycles. The van der Waals surface area contributed by atoms with E-state index in [1.54, 1.807) is 24.3 Å². The van der Waals surface area contributed by atoms with Gasteiger partial charge in [0.1, 0.15) is 0 Å². The van der Waals surface area contributed by atoms with E-state index in [9.17, 15) is 14.4 Å². The minimum atomic E-state index is -0.324. The SMILES string of the molecule is CNC(=O)c1ccc(Cl)c(NC(=O)c2ccc(CN3CCCC3=O)cc2)c1. The van der Waals surface area contributed by atoms with Crippen LogP contribution in [0.2, 0.25) is 5.02 Å². The number of carbonyl (C=O) groups is 3. The predicted molar refractivity (Wildman–Crippen MR) is 104 cm³/mol. The van der Waals surface area contributed by atoms with Crippen molar-refractivity contribution in [1.29, 1.82) is 0 Å². The van der Waals surface area contributed by atoms with E-state index >= 15 is 0 Å². The highest BCUT2D eigenvalue weighted by molar-refractivity contribution is 6.34. The van der Waals surface area contributed by atoms with E-state index in [0.29, 0.717) is 34.8 Å². The van der Waals surface area contributed by atoms with Gasteiger partial charge in [0.05, 0.1) is 10.7 Å². The number of likely N-dealkylation sites (tertiary alicyclic amines) is 1. The summed E-state index contributed by atoms with van der Waals surface area (Å²) in [6, 6.07) is 11.8. The van der Waals surface area contributed by atoms with Crippen LogP contribution in [-0.2, 0) is 11.3 Å². The molecule has 0 radical (unpaired) electrons. The molecule has 1 aliphatic heterocycles. The number of nitrogens with zero attached hydrogens (tertiary/aromatic N) is 1. The van der Waals surface area contributed by atoms with Crippen LogP contribution in [0.15, 0.2) is 42.5 Å². The van der Waals surface area contributed by atoms with Crippen molar-refractivity contribution in [2.75, 3.05) is 18.9 Å². The van der Waals surface area contributed by atoms with Gasteiger partial charge >= 0.3 is 0 Å². The molecule has 2 N–H and O–H groups in total. The zero-order chi connectivity index (χ0) is 19.4. The third-order valence-corrected chi connectivity index (χ3v) is 4.79. The Balaban J connectivity index is 1.69. The Kier molecular flexibility index (Phi) is 5.76. The molecule has 0 unspecified atom stereocenters. The molecule has 2 aromatic rings. The molecular formula is C20H20ClN3O3. The molecule has 0 saturated carbocycles. The van der Waals surface area contributed by atoms with Crippen molar-refractivity contribution in [3.05, 3.63) is 64.2 Å². The Morgan fingerprint density at radius 2 is 1.78 bits per heavy atom. The first kappa shape index (κ1) is 18.9. The Bertz CT molecular complexity index is 881. The van der Waals surface area contributed by atoms with E-state index in [-0.39, 0.29) is 17.7 Å². The van der Waals surface area contributed by atoms with Gasteiger partial charge in [-0.3, -0.25) is 14.4 Å². The Hall–Kier alpha value is -2.86. The number of amides is 3. The zero-order valence-corrected chi connectivity index (χ0v) is 15.7. The highest BCUT2D eigenvalue weighted by atomic mass is 35.5. The van der Waals surface area contributed by atoms with Gasteiger partial charge in [-0.05, 0) is 42.3 Å². The van der Waals surface area contributed by atoms with Crippen molar-refractivity contribution < 1.29 is 14.4 Å². The maximum absolute atomic E-state index is 12.5. The quantitative estimate of drug-likeness (QED) is 0.830. The molecule has 0 aliphatic carbocycles. The maximum atomic E-state index is 12.5. The Labute approximate surface area is 162 Å². The number of hydrogen-bond donors (Lipinski definition) is 2. The molecular weight excluding hydrogens is 366 g/mol. The predicted octanol–water partition coefficient (Wildman–Crippen LogP) is 3.07. The van der Waals surface area contributed by atoms with E-state index in [2.05, 4.69) is 10.6 Å². The van der Waals surface area contributed by atoms with Crippen LogP contribution in [0.5, 0.6) is 0 Å². The first-order chi connectivity index (χ1) is 13.0. The Morgan fingerprint density at radius 3 is 2.41 bits per heavy atom. The maximum Gasteiger partial charge on any atom is 0.255 e. The second-order valence-electron chi connectivity index (χ2n) is 6.34. The lowest BCUT2D eigenvalue weighted by Gasteiger charge is -2.15. The summed E-state index contributed by atoms with van der Waals surface area (Å²) in [6.45, 7) is 1.34. The molecule has 3 amide bonds. The number of hydrogen-bond acceptors (Lipinski definition) is 3. The smallest absolute Gasteiger partial charge is 0.255 e. The van der Waals surface area contributed by atoms with Gasteiger partial charge in [0.25, 0.3) is 11.8 Å². The fourth-order valence-corrected chi connectivity index (χ4v) is 3.12. The highest BCUT2D eigenvalue weighted by Crippen LogP contribution is 2.24. The largest absolute Gasteiger partial charge is 0.355 e. The molecule has 0 bridgehead atoms. The van der Waals surface area contributed by atoms with Gasteiger partial charge in [0.15, 0.2) is 0 Å². The summed E-state index contributed by atoms with van der Waals surface area (Å²) in [4.78, 5) is 37.8. The van der Waals surface area contributed by atoms with Crippen molar-refractivity contribution in [3.8, 4) is 0 Å². The number of rotatable bonds is 5. The number of halogens is 1. The van der Waals surface area contributed by atoms with Crippen molar-refractivity contribution in [1.82, 2.24) is 10.2 Å². The van der Waals surface area contributed by atoms with Crippen molar-refractivity contribution in [3.63, 3.8) is 0 Å². The first-order valence-corrected chi connectivity index (χ1v) is 9.05. The second kappa shape index (κ2) is 8.22. The van der Waals surface area contributed by atoms with Crippen LogP contribution in [-0.4, -0.2) is 36.2 Å². The van der Waals surface area contributed by atoms with E-state index in [0.717, 1.165) is 18.5 Å². The van der Waals surface area contributed by atoms with Crippen LogP contribution < -0.4 is 10.6 Å². The molecule has 0 atom stereocenters. The fraction of sp³-hybridized carbons (Fsp3) is 0.250. The molecule has 27 heavy (non-hydrogen) atoms. The van der Waals surface area contributed by atoms with Gasteiger partial charge in [0.2, 0.25) is 5.91 Å². The molecule has 2 aromatic carbocycles. The van der Waals surface area contributed by atoms with Crippen LogP contribution in [0.3, 0.4) is 0 Å². The minimum absolute atomic E-state index is 0.169. The number of anilines is 1. The number of carbonyl (C=O) groups excluding carboxylic acids is 3. The van der Waals surface area contributed by atoms with Crippen molar-refractivity contribution in [2.45, 2.75) is 19.4 Å². The number of nitrogens with one attached hydrogen (secondary N) is 2. The lowest BCUT2D eigenvalue weighted by atomic mass is 10.1. The summed E-state index contributed by atoms with van der Waals surface area (Å²) < 4.78 is 0. The third kappa shape index (κ3) is 4.46.